The molecule has 9 heteroatoms. The van der Waals surface area contributed by atoms with Crippen molar-refractivity contribution in [2.45, 2.75) is 13.0 Å². The number of carboxylic acid groups (broad SMARTS) is 1. The van der Waals surface area contributed by atoms with Crippen molar-refractivity contribution < 1.29 is 24.9 Å². The molecule has 3 N–H and O–H groups in total. The maximum atomic E-state index is 12.2. The smallest absolute Gasteiger partial charge is 0.326 e. The number of hydrogen-bond acceptors (Lipinski definition) is 5. The number of carbonyl (C=O) groups is 2. The number of azo groups is 1. The highest BCUT2D eigenvalue weighted by Crippen LogP contribution is 2.41. The van der Waals surface area contributed by atoms with Gasteiger partial charge in [0.15, 0.2) is 5.69 Å². The van der Waals surface area contributed by atoms with E-state index in [1.54, 1.807) is 18.2 Å². The molecule has 0 radical (unpaired) electrons. The summed E-state index contributed by atoms with van der Waals surface area (Å²) in [6.07, 6.45) is 0. The number of rotatable bonds is 4. The van der Waals surface area contributed by atoms with Crippen LogP contribution in [0.2, 0.25) is 0 Å². The van der Waals surface area contributed by atoms with E-state index in [0.717, 1.165) is 3.57 Å². The highest BCUT2D eigenvalue weighted by molar-refractivity contribution is 14.1. The van der Waals surface area contributed by atoms with Crippen molar-refractivity contribution in [3.05, 3.63) is 51.6 Å². The largest absolute Gasteiger partial charge is 0.508 e. The Morgan fingerprint density at radius 3 is 2.41 bits per heavy atom. The van der Waals surface area contributed by atoms with E-state index in [2.05, 4.69) is 32.8 Å². The fraction of sp³-hybridized carbons (Fsp3) is 0.111. The normalized spacial score (nSPS) is 12.5. The Morgan fingerprint density at radius 2 is 1.78 bits per heavy atom. The lowest BCUT2D eigenvalue weighted by molar-refractivity contribution is -0.140. The molecule has 138 valence electrons. The fourth-order valence-corrected chi connectivity index (χ4v) is 3.11. The molecule has 1 aromatic heterocycles. The third kappa shape index (κ3) is 3.63. The number of aliphatic carboxylic acids is 1. The molecule has 1 heterocycles. The first-order valence-electron chi connectivity index (χ1n) is 7.80. The van der Waals surface area contributed by atoms with Gasteiger partial charge in [-0.25, -0.2) is 4.79 Å². The van der Waals surface area contributed by atoms with Crippen LogP contribution in [-0.2, 0) is 4.79 Å². The van der Waals surface area contributed by atoms with Gasteiger partial charge < -0.3 is 15.3 Å². The molecule has 1 amide bonds. The molecular weight excluding hydrogens is 465 g/mol. The number of hydrogen-bond donors (Lipinski definition) is 3. The summed E-state index contributed by atoms with van der Waals surface area (Å²) in [7, 11) is 0. The zero-order chi connectivity index (χ0) is 19.7. The molecule has 0 aliphatic carbocycles. The van der Waals surface area contributed by atoms with Crippen molar-refractivity contribution in [3.8, 4) is 11.6 Å². The molecule has 0 aliphatic rings. The van der Waals surface area contributed by atoms with E-state index < -0.39 is 17.9 Å². The van der Waals surface area contributed by atoms with Crippen LogP contribution in [0.4, 0.5) is 5.69 Å². The van der Waals surface area contributed by atoms with Gasteiger partial charge in [0, 0.05) is 14.5 Å². The van der Waals surface area contributed by atoms with Gasteiger partial charge in [-0.1, -0.05) is 0 Å². The van der Waals surface area contributed by atoms with Crippen molar-refractivity contribution >= 4 is 51.1 Å². The first-order valence-corrected chi connectivity index (χ1v) is 8.87. The van der Waals surface area contributed by atoms with Crippen molar-refractivity contribution in [1.29, 1.82) is 0 Å². The van der Waals surface area contributed by atoms with E-state index in [4.69, 9.17) is 0 Å². The van der Waals surface area contributed by atoms with E-state index >= 15 is 0 Å². The molecule has 2 aromatic carbocycles. The second-order valence-corrected chi connectivity index (χ2v) is 7.02. The zero-order valence-corrected chi connectivity index (χ0v) is 16.2. The topological polar surface area (TPSA) is 124 Å². The number of phenolic OH excluding ortho intramolecular Hbond substituents is 1. The minimum absolute atomic E-state index is 0.0152. The first-order chi connectivity index (χ1) is 12.8. The van der Waals surface area contributed by atoms with Gasteiger partial charge in [0.2, 0.25) is 5.88 Å². The van der Waals surface area contributed by atoms with Crippen LogP contribution in [0.3, 0.4) is 0 Å². The van der Waals surface area contributed by atoms with Crippen LogP contribution in [0, 0.1) is 3.57 Å². The molecule has 1 atom stereocenters. The molecule has 3 rings (SSSR count). The van der Waals surface area contributed by atoms with Crippen LogP contribution in [0.1, 0.15) is 23.3 Å². The quantitative estimate of drug-likeness (QED) is 0.382. The first kappa shape index (κ1) is 18.8. The summed E-state index contributed by atoms with van der Waals surface area (Å²) in [5.41, 5.74) is 0.700. The Kier molecular flexibility index (Phi) is 5.13. The van der Waals surface area contributed by atoms with Crippen molar-refractivity contribution in [2.75, 3.05) is 0 Å². The number of phenols is 1. The van der Waals surface area contributed by atoms with Gasteiger partial charge in [0.1, 0.15) is 11.8 Å². The summed E-state index contributed by atoms with van der Waals surface area (Å²) in [4.78, 5) is 23.6. The van der Waals surface area contributed by atoms with Gasteiger partial charge in [-0.15, -0.1) is 10.2 Å². The number of fused-ring (bicyclic) bond motifs is 1. The van der Waals surface area contributed by atoms with Crippen LogP contribution in [0.5, 0.6) is 11.6 Å². The fourth-order valence-electron chi connectivity index (χ4n) is 2.61. The number of halogens is 1. The van der Waals surface area contributed by atoms with Crippen LogP contribution in [-0.4, -0.2) is 31.8 Å². The average molecular weight is 479 g/mol. The third-order valence-corrected chi connectivity index (χ3v) is 4.68. The predicted octanol–water partition coefficient (Wildman–Crippen LogP) is 4.23. The van der Waals surface area contributed by atoms with Crippen LogP contribution >= 0.6 is 22.6 Å². The van der Waals surface area contributed by atoms with Crippen molar-refractivity contribution in [1.82, 2.24) is 4.57 Å². The molecule has 8 nitrogen and oxygen atoms in total. The van der Waals surface area contributed by atoms with Crippen LogP contribution in [0.25, 0.3) is 10.9 Å². The van der Waals surface area contributed by atoms with Crippen LogP contribution in [0.15, 0.2) is 52.7 Å². The Labute approximate surface area is 166 Å². The summed E-state index contributed by atoms with van der Waals surface area (Å²) in [6, 6.07) is 9.63. The lowest BCUT2D eigenvalue weighted by Crippen LogP contribution is -2.14. The molecule has 0 bridgehead atoms. The maximum Gasteiger partial charge on any atom is 0.326 e. The molecule has 3 aromatic rings. The van der Waals surface area contributed by atoms with Gasteiger partial charge in [-0.3, -0.25) is 9.36 Å². The molecular formula is C18H14IN3O5. The Hall–Kier alpha value is -2.95. The van der Waals surface area contributed by atoms with Gasteiger partial charge in [0.05, 0.1) is 5.52 Å². The lowest BCUT2D eigenvalue weighted by Gasteiger charge is -2.11. The predicted molar refractivity (Wildman–Crippen MR) is 106 cm³/mol. The van der Waals surface area contributed by atoms with Crippen LogP contribution < -0.4 is 0 Å². The molecule has 1 unspecified atom stereocenters. The maximum absolute atomic E-state index is 12.2. The molecule has 0 saturated heterocycles. The van der Waals surface area contributed by atoms with Gasteiger partial charge >= 0.3 is 5.97 Å². The molecule has 27 heavy (non-hydrogen) atoms. The monoisotopic (exact) mass is 479 g/mol. The Bertz CT molecular complexity index is 1070. The molecule has 0 spiro atoms. The van der Waals surface area contributed by atoms with Crippen molar-refractivity contribution in [2.24, 2.45) is 10.2 Å². The lowest BCUT2D eigenvalue weighted by atomic mass is 10.2. The number of amides is 1. The summed E-state index contributed by atoms with van der Waals surface area (Å²) in [5, 5.41) is 37.1. The second kappa shape index (κ2) is 7.35. The van der Waals surface area contributed by atoms with Gasteiger partial charge in [0.25, 0.3) is 5.91 Å². The second-order valence-electron chi connectivity index (χ2n) is 5.77. The van der Waals surface area contributed by atoms with E-state index in [0.29, 0.717) is 10.9 Å². The zero-order valence-electron chi connectivity index (χ0n) is 14.0. The highest BCUT2D eigenvalue weighted by Gasteiger charge is 2.24. The van der Waals surface area contributed by atoms with Gasteiger partial charge in [-0.2, -0.15) is 0 Å². The molecule has 0 saturated carbocycles. The number of aromatic hydroxyl groups is 2. The standard InChI is InChI=1S/C18H14IN3O5/c1-9(18(26)27)22-14-7-4-11(19)8-13(14)15(17(22)25)20-21-16(24)10-2-5-12(23)6-3-10/h2-9,23,25H,1H3,(H,26,27). The SMILES string of the molecule is CC(C(=O)O)n1c(O)c(N=NC(=O)c2ccc(O)cc2)c2cc(I)ccc21. The summed E-state index contributed by atoms with van der Waals surface area (Å²) >= 11 is 2.08. The minimum Gasteiger partial charge on any atom is -0.508 e. The molecule has 0 aliphatic heterocycles. The number of carboxylic acids is 1. The van der Waals surface area contributed by atoms with Gasteiger partial charge in [-0.05, 0) is 72.0 Å². The van der Waals surface area contributed by atoms with Crippen molar-refractivity contribution in [3.63, 3.8) is 0 Å². The minimum atomic E-state index is -1.12. The van der Waals surface area contributed by atoms with E-state index in [-0.39, 0.29) is 22.9 Å². The number of benzene rings is 2. The Balaban J connectivity index is 2.09. The number of nitrogens with zero attached hydrogens (tertiary/aromatic N) is 3. The van der Waals surface area contributed by atoms with E-state index in [1.165, 1.54) is 35.8 Å². The number of aromatic nitrogens is 1. The highest BCUT2D eigenvalue weighted by atomic mass is 127. The van der Waals surface area contributed by atoms with E-state index in [1.807, 2.05) is 0 Å². The Morgan fingerprint density at radius 1 is 1.11 bits per heavy atom. The average Bonchev–Trinajstić information content (AvgIpc) is 2.90. The molecule has 0 fully saturated rings. The summed E-state index contributed by atoms with van der Waals surface area (Å²) in [5.74, 6) is -2.15. The summed E-state index contributed by atoms with van der Waals surface area (Å²) in [6.45, 7) is 1.43. The van der Waals surface area contributed by atoms with E-state index in [9.17, 15) is 24.9 Å². The number of carbonyl (C=O) groups excluding carboxylic acids is 1. The summed E-state index contributed by atoms with van der Waals surface area (Å²) < 4.78 is 2.08. The third-order valence-electron chi connectivity index (χ3n) is 4.01.